The Hall–Kier alpha value is -1.92. The number of carboxylic acid groups (broad SMARTS) is 1. The number of rotatable bonds is 9. The predicted octanol–water partition coefficient (Wildman–Crippen LogP) is 2.28. The highest BCUT2D eigenvalue weighted by Crippen LogP contribution is 2.25. The van der Waals surface area contributed by atoms with Gasteiger partial charge in [0.25, 0.3) is 5.91 Å². The normalized spacial score (nSPS) is 19.7. The summed E-state index contributed by atoms with van der Waals surface area (Å²) in [5.74, 6) is -0.892. The highest BCUT2D eigenvalue weighted by atomic mass is 16.5. The predicted molar refractivity (Wildman–Crippen MR) is 95.5 cm³/mol. The van der Waals surface area contributed by atoms with E-state index in [-0.39, 0.29) is 30.6 Å². The average Bonchev–Trinajstić information content (AvgIpc) is 2.54. The van der Waals surface area contributed by atoms with Crippen LogP contribution < -0.4 is 5.32 Å². The van der Waals surface area contributed by atoms with Gasteiger partial charge in [-0.3, -0.25) is 14.5 Å². The van der Waals surface area contributed by atoms with Crippen LogP contribution in [0.5, 0.6) is 0 Å². The lowest BCUT2D eigenvalue weighted by atomic mass is 9.85. The van der Waals surface area contributed by atoms with Crippen LogP contribution in [0.25, 0.3) is 0 Å². The lowest BCUT2D eigenvalue weighted by Crippen LogP contribution is -2.54. The number of likely N-dealkylation sites (N-methyl/N-ethyl adjacent to an activating group) is 1. The van der Waals surface area contributed by atoms with Crippen molar-refractivity contribution in [1.29, 1.82) is 0 Å². The molecule has 0 bridgehead atoms. The summed E-state index contributed by atoms with van der Waals surface area (Å²) in [6.07, 6.45) is 1.78. The van der Waals surface area contributed by atoms with Gasteiger partial charge in [0.15, 0.2) is 0 Å². The van der Waals surface area contributed by atoms with Crippen LogP contribution in [-0.4, -0.2) is 53.2 Å². The Morgan fingerprint density at radius 2 is 1.92 bits per heavy atom. The number of nitrogens with zero attached hydrogens (tertiary/aromatic N) is 1. The third kappa shape index (κ3) is 5.83. The van der Waals surface area contributed by atoms with E-state index in [4.69, 9.17) is 9.84 Å². The van der Waals surface area contributed by atoms with Crippen molar-refractivity contribution in [2.45, 2.75) is 58.4 Å². The molecule has 1 aromatic rings. The molecule has 1 fully saturated rings. The first-order chi connectivity index (χ1) is 11.9. The molecular weight excluding hydrogens is 320 g/mol. The second-order valence-electron chi connectivity index (χ2n) is 6.81. The van der Waals surface area contributed by atoms with Crippen molar-refractivity contribution in [2.75, 3.05) is 13.1 Å². The van der Waals surface area contributed by atoms with Gasteiger partial charge in [0.1, 0.15) is 0 Å². The molecule has 0 spiro atoms. The number of amides is 1. The monoisotopic (exact) mass is 348 g/mol. The van der Waals surface area contributed by atoms with Gasteiger partial charge < -0.3 is 15.2 Å². The first-order valence-electron chi connectivity index (χ1n) is 8.86. The molecule has 2 N–H and O–H groups in total. The van der Waals surface area contributed by atoms with E-state index in [0.717, 1.165) is 18.4 Å². The minimum atomic E-state index is -0.809. The number of hydrogen-bond donors (Lipinski definition) is 2. The molecule has 1 aliphatic rings. The number of benzene rings is 1. The lowest BCUT2D eigenvalue weighted by molar-refractivity contribution is -0.139. The summed E-state index contributed by atoms with van der Waals surface area (Å²) >= 11 is 0. The summed E-state index contributed by atoms with van der Waals surface area (Å²) in [5, 5.41) is 11.9. The standard InChI is InChI=1S/C19H28N2O4/c1-4-21(11-18(22)23)17-9-16(10-17)20-19(24)15-7-5-14(6-8-15)12-25-13(2)3/h5-8,13,16-17H,4,9-12H2,1-3H3,(H,20,24)(H,22,23). The van der Waals surface area contributed by atoms with Crippen LogP contribution in [0.3, 0.4) is 0 Å². The second kappa shape index (κ2) is 8.97. The summed E-state index contributed by atoms with van der Waals surface area (Å²) in [6.45, 7) is 7.24. The first-order valence-corrected chi connectivity index (χ1v) is 8.86. The van der Waals surface area contributed by atoms with Gasteiger partial charge in [0.05, 0.1) is 19.3 Å². The molecule has 2 rings (SSSR count). The van der Waals surface area contributed by atoms with E-state index < -0.39 is 5.97 Å². The molecule has 0 heterocycles. The zero-order chi connectivity index (χ0) is 18.4. The summed E-state index contributed by atoms with van der Waals surface area (Å²) in [4.78, 5) is 25.1. The lowest BCUT2D eigenvalue weighted by Gasteiger charge is -2.42. The number of aliphatic carboxylic acids is 1. The van der Waals surface area contributed by atoms with E-state index in [1.807, 2.05) is 49.9 Å². The van der Waals surface area contributed by atoms with Crippen LogP contribution in [0.2, 0.25) is 0 Å². The number of carboxylic acids is 1. The molecule has 6 nitrogen and oxygen atoms in total. The molecular formula is C19H28N2O4. The quantitative estimate of drug-likeness (QED) is 0.716. The van der Waals surface area contributed by atoms with Gasteiger partial charge in [-0.1, -0.05) is 19.1 Å². The summed E-state index contributed by atoms with van der Waals surface area (Å²) in [5.41, 5.74) is 1.68. The summed E-state index contributed by atoms with van der Waals surface area (Å²) in [6, 6.07) is 7.80. The van der Waals surface area contributed by atoms with Crippen LogP contribution in [0, 0.1) is 0 Å². The molecule has 6 heteroatoms. The fourth-order valence-corrected chi connectivity index (χ4v) is 2.96. The Morgan fingerprint density at radius 1 is 1.28 bits per heavy atom. The van der Waals surface area contributed by atoms with Crippen molar-refractivity contribution in [3.63, 3.8) is 0 Å². The van der Waals surface area contributed by atoms with Crippen LogP contribution in [0.15, 0.2) is 24.3 Å². The highest BCUT2D eigenvalue weighted by Gasteiger charge is 2.34. The molecule has 1 saturated carbocycles. The van der Waals surface area contributed by atoms with Crippen molar-refractivity contribution >= 4 is 11.9 Å². The number of ether oxygens (including phenoxy) is 1. The topological polar surface area (TPSA) is 78.9 Å². The van der Waals surface area contributed by atoms with E-state index in [1.54, 1.807) is 0 Å². The van der Waals surface area contributed by atoms with Gasteiger partial charge in [-0.25, -0.2) is 0 Å². The van der Waals surface area contributed by atoms with Gasteiger partial charge in [-0.05, 0) is 50.9 Å². The molecule has 0 radical (unpaired) electrons. The van der Waals surface area contributed by atoms with E-state index in [0.29, 0.717) is 18.7 Å². The molecule has 1 aromatic carbocycles. The Labute approximate surface area is 149 Å². The fraction of sp³-hybridized carbons (Fsp3) is 0.579. The Kier molecular flexibility index (Phi) is 6.96. The van der Waals surface area contributed by atoms with E-state index >= 15 is 0 Å². The molecule has 0 aliphatic heterocycles. The number of carbonyl (C=O) groups excluding carboxylic acids is 1. The summed E-state index contributed by atoms with van der Waals surface area (Å²) in [7, 11) is 0. The zero-order valence-corrected chi connectivity index (χ0v) is 15.2. The Balaban J connectivity index is 1.78. The van der Waals surface area contributed by atoms with Gasteiger partial charge in [-0.15, -0.1) is 0 Å². The molecule has 1 aliphatic carbocycles. The van der Waals surface area contributed by atoms with E-state index in [9.17, 15) is 9.59 Å². The summed E-state index contributed by atoms with van der Waals surface area (Å²) < 4.78 is 5.54. The zero-order valence-electron chi connectivity index (χ0n) is 15.2. The number of carbonyl (C=O) groups is 2. The van der Waals surface area contributed by atoms with Crippen LogP contribution >= 0.6 is 0 Å². The minimum absolute atomic E-state index is 0.0573. The SMILES string of the molecule is CCN(CC(=O)O)C1CC(NC(=O)c2ccc(COC(C)C)cc2)C1. The molecule has 1 amide bonds. The number of hydrogen-bond acceptors (Lipinski definition) is 4. The first kappa shape index (κ1) is 19.4. The van der Waals surface area contributed by atoms with Gasteiger partial charge >= 0.3 is 5.97 Å². The van der Waals surface area contributed by atoms with Gasteiger partial charge in [0, 0.05) is 17.6 Å². The third-order valence-electron chi connectivity index (χ3n) is 4.51. The number of nitrogens with one attached hydrogen (secondary N) is 1. The average molecular weight is 348 g/mol. The highest BCUT2D eigenvalue weighted by molar-refractivity contribution is 5.94. The molecule has 0 unspecified atom stereocenters. The molecule has 25 heavy (non-hydrogen) atoms. The Bertz CT molecular complexity index is 580. The van der Waals surface area contributed by atoms with Gasteiger partial charge in [-0.2, -0.15) is 0 Å². The van der Waals surface area contributed by atoms with Crippen molar-refractivity contribution in [1.82, 2.24) is 10.2 Å². The molecule has 0 saturated heterocycles. The molecule has 0 aromatic heterocycles. The third-order valence-corrected chi connectivity index (χ3v) is 4.51. The maximum atomic E-state index is 12.3. The van der Waals surface area contributed by atoms with E-state index in [1.165, 1.54) is 0 Å². The second-order valence-corrected chi connectivity index (χ2v) is 6.81. The van der Waals surface area contributed by atoms with Crippen molar-refractivity contribution in [2.24, 2.45) is 0 Å². The maximum Gasteiger partial charge on any atom is 0.317 e. The van der Waals surface area contributed by atoms with E-state index in [2.05, 4.69) is 5.32 Å². The molecule has 138 valence electrons. The smallest absolute Gasteiger partial charge is 0.317 e. The van der Waals surface area contributed by atoms with Crippen molar-refractivity contribution in [3.05, 3.63) is 35.4 Å². The van der Waals surface area contributed by atoms with Crippen LogP contribution in [0.4, 0.5) is 0 Å². The maximum absolute atomic E-state index is 12.3. The van der Waals surface area contributed by atoms with Gasteiger partial charge in [0.2, 0.25) is 0 Å². The fourth-order valence-electron chi connectivity index (χ4n) is 2.96. The Morgan fingerprint density at radius 3 is 2.44 bits per heavy atom. The van der Waals surface area contributed by atoms with Crippen molar-refractivity contribution in [3.8, 4) is 0 Å². The minimum Gasteiger partial charge on any atom is -0.480 e. The van der Waals surface area contributed by atoms with Crippen LogP contribution in [-0.2, 0) is 16.1 Å². The largest absolute Gasteiger partial charge is 0.480 e. The van der Waals surface area contributed by atoms with Crippen LogP contribution in [0.1, 0.15) is 49.5 Å². The van der Waals surface area contributed by atoms with Crippen molar-refractivity contribution < 1.29 is 19.4 Å². The molecule has 0 atom stereocenters.